The molecule has 1 saturated carbocycles. The summed E-state index contributed by atoms with van der Waals surface area (Å²) in [4.78, 5) is 11.5. The highest BCUT2D eigenvalue weighted by Gasteiger charge is 2.40. The second-order valence-corrected chi connectivity index (χ2v) is 4.04. The molecule has 70 valence electrons. The molecule has 0 aliphatic heterocycles. The lowest BCUT2D eigenvalue weighted by Crippen LogP contribution is -2.56. The number of nitrogens with one attached hydrogen (secondary N) is 1. The predicted octanol–water partition coefficient (Wildman–Crippen LogP) is 0.358. The summed E-state index contributed by atoms with van der Waals surface area (Å²) in [5.74, 6) is -0.143. The van der Waals surface area contributed by atoms with Gasteiger partial charge in [0.25, 0.3) is 0 Å². The van der Waals surface area contributed by atoms with E-state index >= 15 is 0 Å². The molecule has 2 rings (SSSR count). The number of rotatable bonds is 2. The summed E-state index contributed by atoms with van der Waals surface area (Å²) in [7, 11) is 0. The van der Waals surface area contributed by atoms with Crippen molar-refractivity contribution in [2.75, 3.05) is 5.32 Å². The van der Waals surface area contributed by atoms with Crippen LogP contribution in [0, 0.1) is 0 Å². The Hall–Kier alpha value is -1.01. The highest BCUT2D eigenvalue weighted by molar-refractivity contribution is 7.13. The zero-order valence-electron chi connectivity index (χ0n) is 6.99. The van der Waals surface area contributed by atoms with Crippen LogP contribution in [-0.2, 0) is 4.79 Å². The molecule has 0 radical (unpaired) electrons. The Bertz CT molecular complexity index is 306. The second kappa shape index (κ2) is 3.04. The number of hydrogen-bond acceptors (Lipinski definition) is 5. The van der Waals surface area contributed by atoms with Crippen molar-refractivity contribution in [2.24, 2.45) is 5.73 Å². The Labute approximate surface area is 79.3 Å². The first-order valence-electron chi connectivity index (χ1n) is 4.07. The van der Waals surface area contributed by atoms with Crippen molar-refractivity contribution in [1.29, 1.82) is 0 Å². The molecule has 3 N–H and O–H groups in total. The maximum Gasteiger partial charge on any atom is 0.246 e. The molecule has 0 aromatic carbocycles. The third-order valence-electron chi connectivity index (χ3n) is 2.28. The molecule has 0 bridgehead atoms. The standard InChI is InChI=1S/C7H10N4OS/c8-7(2-1-3-7)5(12)10-6-11-9-4-13-6/h4H,1-3,8H2,(H,10,11,12). The molecule has 6 heteroatoms. The van der Waals surface area contributed by atoms with E-state index in [-0.39, 0.29) is 5.91 Å². The molecule has 1 aliphatic rings. The van der Waals surface area contributed by atoms with E-state index in [1.54, 1.807) is 5.51 Å². The minimum atomic E-state index is -0.661. The molecular weight excluding hydrogens is 188 g/mol. The van der Waals surface area contributed by atoms with Crippen molar-refractivity contribution < 1.29 is 4.79 Å². The average molecular weight is 198 g/mol. The van der Waals surface area contributed by atoms with Gasteiger partial charge < -0.3 is 5.73 Å². The molecule has 1 amide bonds. The Balaban J connectivity index is 1.99. The quantitative estimate of drug-likeness (QED) is 0.718. The van der Waals surface area contributed by atoms with Crippen molar-refractivity contribution in [2.45, 2.75) is 24.8 Å². The van der Waals surface area contributed by atoms with Crippen LogP contribution in [0.3, 0.4) is 0 Å². The minimum absolute atomic E-state index is 0.143. The van der Waals surface area contributed by atoms with Gasteiger partial charge in [0.2, 0.25) is 11.0 Å². The molecule has 1 heterocycles. The van der Waals surface area contributed by atoms with Crippen molar-refractivity contribution in [1.82, 2.24) is 10.2 Å². The van der Waals surface area contributed by atoms with Gasteiger partial charge in [-0.2, -0.15) is 0 Å². The summed E-state index contributed by atoms with van der Waals surface area (Å²) in [6.07, 6.45) is 2.55. The van der Waals surface area contributed by atoms with E-state index in [4.69, 9.17) is 5.73 Å². The van der Waals surface area contributed by atoms with E-state index in [0.717, 1.165) is 19.3 Å². The zero-order valence-corrected chi connectivity index (χ0v) is 7.80. The summed E-state index contributed by atoms with van der Waals surface area (Å²) >= 11 is 1.29. The monoisotopic (exact) mass is 198 g/mol. The summed E-state index contributed by atoms with van der Waals surface area (Å²) in [5.41, 5.74) is 6.72. The molecular formula is C7H10N4OS. The molecule has 1 aromatic heterocycles. The number of carbonyl (C=O) groups is 1. The summed E-state index contributed by atoms with van der Waals surface area (Å²) < 4.78 is 0. The lowest BCUT2D eigenvalue weighted by atomic mass is 9.77. The van der Waals surface area contributed by atoms with E-state index < -0.39 is 5.54 Å². The van der Waals surface area contributed by atoms with E-state index in [0.29, 0.717) is 5.13 Å². The Morgan fingerprint density at radius 1 is 1.69 bits per heavy atom. The maximum absolute atomic E-state index is 11.5. The van der Waals surface area contributed by atoms with Crippen LogP contribution >= 0.6 is 11.3 Å². The van der Waals surface area contributed by atoms with E-state index in [1.807, 2.05) is 0 Å². The van der Waals surface area contributed by atoms with Gasteiger partial charge in [0.15, 0.2) is 0 Å². The topological polar surface area (TPSA) is 80.9 Å². The SMILES string of the molecule is NC1(C(=O)Nc2nncs2)CCC1. The molecule has 0 saturated heterocycles. The molecule has 1 aromatic rings. The lowest BCUT2D eigenvalue weighted by Gasteiger charge is -2.35. The van der Waals surface area contributed by atoms with Gasteiger partial charge in [-0.1, -0.05) is 11.3 Å². The zero-order chi connectivity index (χ0) is 9.31. The van der Waals surface area contributed by atoms with Gasteiger partial charge in [0.1, 0.15) is 5.51 Å². The number of anilines is 1. The van der Waals surface area contributed by atoms with Gasteiger partial charge in [0.05, 0.1) is 5.54 Å². The summed E-state index contributed by atoms with van der Waals surface area (Å²) in [6.45, 7) is 0. The fourth-order valence-electron chi connectivity index (χ4n) is 1.23. The van der Waals surface area contributed by atoms with Crippen LogP contribution in [0.25, 0.3) is 0 Å². The smallest absolute Gasteiger partial charge is 0.246 e. The minimum Gasteiger partial charge on any atom is -0.317 e. The number of amides is 1. The molecule has 13 heavy (non-hydrogen) atoms. The Morgan fingerprint density at radius 2 is 2.46 bits per heavy atom. The van der Waals surface area contributed by atoms with Crippen molar-refractivity contribution in [3.8, 4) is 0 Å². The van der Waals surface area contributed by atoms with Gasteiger partial charge in [-0.3, -0.25) is 10.1 Å². The van der Waals surface area contributed by atoms with Gasteiger partial charge in [-0.25, -0.2) is 0 Å². The predicted molar refractivity (Wildman–Crippen MR) is 49.3 cm³/mol. The van der Waals surface area contributed by atoms with Crippen LogP contribution in [0.4, 0.5) is 5.13 Å². The van der Waals surface area contributed by atoms with Gasteiger partial charge in [-0.15, -0.1) is 10.2 Å². The van der Waals surface area contributed by atoms with E-state index in [1.165, 1.54) is 11.3 Å². The number of nitrogens with zero attached hydrogens (tertiary/aromatic N) is 2. The van der Waals surface area contributed by atoms with Gasteiger partial charge in [0, 0.05) is 0 Å². The average Bonchev–Trinajstić information content (AvgIpc) is 2.52. The normalized spacial score (nSPS) is 19.2. The number of hydrogen-bond donors (Lipinski definition) is 2. The molecule has 5 nitrogen and oxygen atoms in total. The largest absolute Gasteiger partial charge is 0.317 e. The number of carbonyl (C=O) groups excluding carboxylic acids is 1. The van der Waals surface area contributed by atoms with E-state index in [2.05, 4.69) is 15.5 Å². The lowest BCUT2D eigenvalue weighted by molar-refractivity contribution is -0.123. The van der Waals surface area contributed by atoms with E-state index in [9.17, 15) is 4.79 Å². The molecule has 0 atom stereocenters. The first-order chi connectivity index (χ1) is 6.21. The number of aromatic nitrogens is 2. The van der Waals surface area contributed by atoms with Gasteiger partial charge >= 0.3 is 0 Å². The van der Waals surface area contributed by atoms with Crippen molar-refractivity contribution in [3.63, 3.8) is 0 Å². The first-order valence-corrected chi connectivity index (χ1v) is 4.95. The number of nitrogens with two attached hydrogens (primary N) is 1. The first kappa shape index (κ1) is 8.58. The second-order valence-electron chi connectivity index (χ2n) is 3.21. The fraction of sp³-hybridized carbons (Fsp3) is 0.571. The summed E-state index contributed by atoms with van der Waals surface area (Å²) in [5, 5.41) is 10.5. The van der Waals surface area contributed by atoms with Crippen LogP contribution in [-0.4, -0.2) is 21.6 Å². The Morgan fingerprint density at radius 3 is 2.92 bits per heavy atom. The highest BCUT2D eigenvalue weighted by atomic mass is 32.1. The third-order valence-corrected chi connectivity index (χ3v) is 2.89. The molecule has 1 fully saturated rings. The Kier molecular flexibility index (Phi) is 2.01. The van der Waals surface area contributed by atoms with Crippen LogP contribution in [0.15, 0.2) is 5.51 Å². The van der Waals surface area contributed by atoms with Crippen LogP contribution in [0.1, 0.15) is 19.3 Å². The summed E-state index contributed by atoms with van der Waals surface area (Å²) in [6, 6.07) is 0. The van der Waals surface area contributed by atoms with Crippen LogP contribution in [0.5, 0.6) is 0 Å². The van der Waals surface area contributed by atoms with Crippen molar-refractivity contribution >= 4 is 22.4 Å². The van der Waals surface area contributed by atoms with Crippen LogP contribution in [0.2, 0.25) is 0 Å². The fourth-order valence-corrected chi connectivity index (χ4v) is 1.67. The molecule has 1 aliphatic carbocycles. The van der Waals surface area contributed by atoms with Gasteiger partial charge in [-0.05, 0) is 19.3 Å². The third kappa shape index (κ3) is 1.54. The molecule has 0 spiro atoms. The highest BCUT2D eigenvalue weighted by Crippen LogP contribution is 2.30. The van der Waals surface area contributed by atoms with Crippen molar-refractivity contribution in [3.05, 3.63) is 5.51 Å². The maximum atomic E-state index is 11.5. The van der Waals surface area contributed by atoms with Crippen LogP contribution < -0.4 is 11.1 Å². The molecule has 0 unspecified atom stereocenters.